The zero-order valence-electron chi connectivity index (χ0n) is 12.1. The Kier molecular flexibility index (Phi) is 3.57. The molecule has 3 rings (SSSR count). The summed E-state index contributed by atoms with van der Waals surface area (Å²) >= 11 is 0. The van der Waals surface area contributed by atoms with E-state index in [1.807, 2.05) is 44.2 Å². The minimum absolute atomic E-state index is 0.126. The molecule has 1 heterocycles. The summed E-state index contributed by atoms with van der Waals surface area (Å²) in [7, 11) is 0. The second-order valence-electron chi connectivity index (χ2n) is 5.22. The number of para-hydroxylation sites is 1. The molecule has 0 aliphatic carbocycles. The van der Waals surface area contributed by atoms with Gasteiger partial charge in [-0.05, 0) is 32.0 Å². The quantitative estimate of drug-likeness (QED) is 0.741. The third-order valence-electron chi connectivity index (χ3n) is 3.60. The molecule has 0 amide bonds. The highest BCUT2D eigenvalue weighted by atomic mass is 19.1. The van der Waals surface area contributed by atoms with Crippen molar-refractivity contribution in [3.8, 4) is 0 Å². The van der Waals surface area contributed by atoms with E-state index in [4.69, 9.17) is 0 Å². The van der Waals surface area contributed by atoms with Crippen LogP contribution >= 0.6 is 0 Å². The molecule has 0 saturated heterocycles. The Morgan fingerprint density at radius 3 is 2.62 bits per heavy atom. The molecule has 0 spiro atoms. The molecule has 1 N–H and O–H groups in total. The van der Waals surface area contributed by atoms with Gasteiger partial charge in [-0.1, -0.05) is 36.4 Å². The number of rotatable bonds is 3. The highest BCUT2D eigenvalue weighted by molar-refractivity contribution is 5.90. The van der Waals surface area contributed by atoms with Gasteiger partial charge >= 0.3 is 0 Å². The van der Waals surface area contributed by atoms with Crippen molar-refractivity contribution in [1.82, 2.24) is 4.98 Å². The van der Waals surface area contributed by atoms with E-state index in [1.165, 1.54) is 6.07 Å². The minimum Gasteiger partial charge on any atom is -0.377 e. The Morgan fingerprint density at radius 2 is 1.81 bits per heavy atom. The Hall–Kier alpha value is -2.42. The highest BCUT2D eigenvalue weighted by Gasteiger charge is 2.11. The van der Waals surface area contributed by atoms with Gasteiger partial charge < -0.3 is 5.32 Å². The molecule has 0 saturated carbocycles. The van der Waals surface area contributed by atoms with Gasteiger partial charge in [0.1, 0.15) is 5.82 Å². The SMILES string of the molecule is Cc1ccc2cccc(NC(C)c3ccccc3F)c2n1. The first-order valence-electron chi connectivity index (χ1n) is 7.02. The Labute approximate surface area is 123 Å². The zero-order chi connectivity index (χ0) is 14.8. The van der Waals surface area contributed by atoms with Gasteiger partial charge in [0.15, 0.2) is 0 Å². The number of aromatic nitrogens is 1. The highest BCUT2D eigenvalue weighted by Crippen LogP contribution is 2.26. The van der Waals surface area contributed by atoms with E-state index in [9.17, 15) is 4.39 Å². The van der Waals surface area contributed by atoms with Crippen molar-refractivity contribution in [3.05, 3.63) is 71.7 Å². The molecular weight excluding hydrogens is 263 g/mol. The standard InChI is InChI=1S/C18H17FN2/c1-12-10-11-14-6-5-9-17(18(14)20-12)21-13(2)15-7-3-4-8-16(15)19/h3-11,13,21H,1-2H3. The number of hydrogen-bond donors (Lipinski definition) is 1. The van der Waals surface area contributed by atoms with E-state index in [-0.39, 0.29) is 11.9 Å². The molecule has 21 heavy (non-hydrogen) atoms. The molecule has 0 radical (unpaired) electrons. The molecule has 1 aromatic heterocycles. The van der Waals surface area contributed by atoms with Crippen LogP contribution in [0.15, 0.2) is 54.6 Å². The van der Waals surface area contributed by atoms with E-state index in [1.54, 1.807) is 12.1 Å². The van der Waals surface area contributed by atoms with Crippen LogP contribution in [0.25, 0.3) is 10.9 Å². The molecule has 2 aromatic carbocycles. The van der Waals surface area contributed by atoms with Crippen molar-refractivity contribution in [3.63, 3.8) is 0 Å². The van der Waals surface area contributed by atoms with Crippen LogP contribution in [0.1, 0.15) is 24.2 Å². The lowest BCUT2D eigenvalue weighted by Crippen LogP contribution is -2.09. The van der Waals surface area contributed by atoms with Crippen LogP contribution in [0, 0.1) is 12.7 Å². The first-order valence-corrected chi connectivity index (χ1v) is 7.02. The van der Waals surface area contributed by atoms with E-state index in [0.717, 1.165) is 22.3 Å². The first-order chi connectivity index (χ1) is 10.1. The molecule has 3 heteroatoms. The van der Waals surface area contributed by atoms with E-state index in [2.05, 4.69) is 16.4 Å². The van der Waals surface area contributed by atoms with Gasteiger partial charge in [0.25, 0.3) is 0 Å². The average Bonchev–Trinajstić information content (AvgIpc) is 2.48. The third kappa shape index (κ3) is 2.72. The Balaban J connectivity index is 1.98. The number of fused-ring (bicyclic) bond motifs is 1. The van der Waals surface area contributed by atoms with Crippen LogP contribution in [-0.2, 0) is 0 Å². The van der Waals surface area contributed by atoms with Crippen molar-refractivity contribution < 1.29 is 4.39 Å². The van der Waals surface area contributed by atoms with Crippen molar-refractivity contribution in [1.29, 1.82) is 0 Å². The molecule has 0 aliphatic rings. The van der Waals surface area contributed by atoms with Crippen molar-refractivity contribution in [2.45, 2.75) is 19.9 Å². The summed E-state index contributed by atoms with van der Waals surface area (Å²) in [5, 5.41) is 4.44. The fourth-order valence-electron chi connectivity index (χ4n) is 2.50. The average molecular weight is 280 g/mol. The van der Waals surface area contributed by atoms with Gasteiger partial charge in [-0.3, -0.25) is 4.98 Å². The predicted molar refractivity (Wildman–Crippen MR) is 84.9 cm³/mol. The topological polar surface area (TPSA) is 24.9 Å². The molecule has 3 aromatic rings. The second-order valence-corrected chi connectivity index (χ2v) is 5.22. The Bertz CT molecular complexity index is 783. The van der Waals surface area contributed by atoms with Crippen LogP contribution < -0.4 is 5.32 Å². The van der Waals surface area contributed by atoms with Crippen molar-refractivity contribution in [2.24, 2.45) is 0 Å². The molecule has 0 bridgehead atoms. The van der Waals surface area contributed by atoms with E-state index in [0.29, 0.717) is 5.56 Å². The number of anilines is 1. The fraction of sp³-hybridized carbons (Fsp3) is 0.167. The van der Waals surface area contributed by atoms with Gasteiger partial charge in [0, 0.05) is 16.6 Å². The third-order valence-corrected chi connectivity index (χ3v) is 3.60. The number of halogens is 1. The lowest BCUT2D eigenvalue weighted by atomic mass is 10.1. The molecule has 0 aliphatic heterocycles. The summed E-state index contributed by atoms with van der Waals surface area (Å²) in [5.41, 5.74) is 3.46. The summed E-state index contributed by atoms with van der Waals surface area (Å²) in [5.74, 6) is -0.193. The van der Waals surface area contributed by atoms with Crippen LogP contribution in [0.5, 0.6) is 0 Å². The fourth-order valence-corrected chi connectivity index (χ4v) is 2.50. The number of pyridine rings is 1. The van der Waals surface area contributed by atoms with Gasteiger partial charge in [-0.2, -0.15) is 0 Å². The maximum atomic E-state index is 13.9. The van der Waals surface area contributed by atoms with E-state index >= 15 is 0 Å². The molecule has 1 atom stereocenters. The molecular formula is C18H17FN2. The summed E-state index contributed by atoms with van der Waals surface area (Å²) in [6.07, 6.45) is 0. The van der Waals surface area contributed by atoms with E-state index < -0.39 is 0 Å². The lowest BCUT2D eigenvalue weighted by Gasteiger charge is -2.17. The largest absolute Gasteiger partial charge is 0.377 e. The molecule has 106 valence electrons. The molecule has 0 fully saturated rings. The summed E-state index contributed by atoms with van der Waals surface area (Å²) in [6, 6.07) is 16.7. The summed E-state index contributed by atoms with van der Waals surface area (Å²) in [6.45, 7) is 3.92. The minimum atomic E-state index is -0.193. The number of benzene rings is 2. The number of hydrogen-bond acceptors (Lipinski definition) is 2. The maximum Gasteiger partial charge on any atom is 0.128 e. The van der Waals surface area contributed by atoms with Crippen LogP contribution in [0.2, 0.25) is 0 Å². The molecule has 2 nitrogen and oxygen atoms in total. The van der Waals surface area contributed by atoms with Crippen molar-refractivity contribution in [2.75, 3.05) is 5.32 Å². The summed E-state index contributed by atoms with van der Waals surface area (Å²) in [4.78, 5) is 4.59. The molecule has 1 unspecified atom stereocenters. The second kappa shape index (κ2) is 5.52. The zero-order valence-corrected chi connectivity index (χ0v) is 12.1. The van der Waals surface area contributed by atoms with Gasteiger partial charge in [-0.25, -0.2) is 4.39 Å². The monoisotopic (exact) mass is 280 g/mol. The number of aryl methyl sites for hydroxylation is 1. The van der Waals surface area contributed by atoms with Crippen LogP contribution in [0.4, 0.5) is 10.1 Å². The van der Waals surface area contributed by atoms with Gasteiger partial charge in [0.05, 0.1) is 17.2 Å². The maximum absolute atomic E-state index is 13.9. The smallest absolute Gasteiger partial charge is 0.128 e. The van der Waals surface area contributed by atoms with Crippen LogP contribution in [-0.4, -0.2) is 4.98 Å². The number of nitrogens with one attached hydrogen (secondary N) is 1. The van der Waals surface area contributed by atoms with Crippen molar-refractivity contribution >= 4 is 16.6 Å². The summed E-state index contributed by atoms with van der Waals surface area (Å²) < 4.78 is 13.9. The van der Waals surface area contributed by atoms with Gasteiger partial charge in [-0.15, -0.1) is 0 Å². The number of nitrogens with zero attached hydrogens (tertiary/aromatic N) is 1. The Morgan fingerprint density at radius 1 is 1.00 bits per heavy atom. The normalized spacial score (nSPS) is 12.3. The lowest BCUT2D eigenvalue weighted by molar-refractivity contribution is 0.600. The first kappa shape index (κ1) is 13.6. The van der Waals surface area contributed by atoms with Gasteiger partial charge in [0.2, 0.25) is 0 Å². The predicted octanol–water partition coefficient (Wildman–Crippen LogP) is 4.86. The van der Waals surface area contributed by atoms with Crippen LogP contribution in [0.3, 0.4) is 0 Å².